The van der Waals surface area contributed by atoms with Crippen LogP contribution in [0.4, 0.5) is 0 Å². The molecule has 5 heteroatoms. The van der Waals surface area contributed by atoms with E-state index in [0.717, 1.165) is 9.26 Å². The van der Waals surface area contributed by atoms with Crippen molar-refractivity contribution in [1.82, 2.24) is 10.3 Å². The summed E-state index contributed by atoms with van der Waals surface area (Å²) < 4.78 is 0.911. The Morgan fingerprint density at radius 3 is 3.00 bits per heavy atom. The van der Waals surface area contributed by atoms with Crippen LogP contribution >= 0.6 is 22.6 Å². The highest BCUT2D eigenvalue weighted by molar-refractivity contribution is 14.1. The second-order valence-electron chi connectivity index (χ2n) is 3.31. The fourth-order valence-electron chi connectivity index (χ4n) is 1.50. The summed E-state index contributed by atoms with van der Waals surface area (Å²) in [7, 11) is 1.74. The predicted molar refractivity (Wildman–Crippen MR) is 76.1 cm³/mol. The summed E-state index contributed by atoms with van der Waals surface area (Å²) in [6, 6.07) is 3.85. The first-order chi connectivity index (χ1) is 8.22. The van der Waals surface area contributed by atoms with Gasteiger partial charge in [-0.2, -0.15) is 0 Å². The first-order valence-corrected chi connectivity index (χ1v) is 6.06. The molecule has 0 aromatic carbocycles. The molecular formula is C12H12IN3O. The van der Waals surface area contributed by atoms with Gasteiger partial charge < -0.3 is 5.32 Å². The first-order valence-electron chi connectivity index (χ1n) is 4.98. The van der Waals surface area contributed by atoms with Crippen molar-refractivity contribution in [3.8, 4) is 12.3 Å². The van der Waals surface area contributed by atoms with Crippen LogP contribution in [0, 0.1) is 21.0 Å². The van der Waals surface area contributed by atoms with Crippen molar-refractivity contribution in [2.45, 2.75) is 12.3 Å². The van der Waals surface area contributed by atoms with Crippen LogP contribution in [-0.2, 0) is 0 Å². The molecule has 0 saturated heterocycles. The molecule has 1 atom stereocenters. The third-order valence-corrected chi connectivity index (χ3v) is 2.97. The lowest BCUT2D eigenvalue weighted by Gasteiger charge is -2.17. The summed E-state index contributed by atoms with van der Waals surface area (Å²) in [6.45, 7) is 0. The number of nitrogens with zero attached hydrogens (tertiary/aromatic N) is 2. The van der Waals surface area contributed by atoms with Gasteiger partial charge in [-0.15, -0.1) is 17.3 Å². The average Bonchev–Trinajstić information content (AvgIpc) is 2.35. The van der Waals surface area contributed by atoms with Crippen molar-refractivity contribution < 1.29 is 0 Å². The summed E-state index contributed by atoms with van der Waals surface area (Å²) in [5.74, 6) is 2.52. The Morgan fingerprint density at radius 1 is 1.76 bits per heavy atom. The maximum atomic E-state index is 10.3. The largest absolute Gasteiger partial charge is 0.390 e. The highest BCUT2D eigenvalue weighted by Crippen LogP contribution is 2.25. The smallest absolute Gasteiger partial charge is 0.101 e. The summed E-state index contributed by atoms with van der Waals surface area (Å²) >= 11 is 2.13. The number of hydrogen-bond donors (Lipinski definition) is 1. The first kappa shape index (κ1) is 13.6. The van der Waals surface area contributed by atoms with Gasteiger partial charge in [0.25, 0.3) is 0 Å². The topological polar surface area (TPSA) is 54.4 Å². The second kappa shape index (κ2) is 7.01. The van der Waals surface area contributed by atoms with E-state index in [9.17, 15) is 4.91 Å². The van der Waals surface area contributed by atoms with Crippen LogP contribution < -0.4 is 5.32 Å². The number of terminal acetylenes is 1. The summed E-state index contributed by atoms with van der Waals surface area (Å²) in [5, 5.41) is 5.73. The Hall–Kier alpha value is -1.42. The van der Waals surface area contributed by atoms with Crippen molar-refractivity contribution in [1.29, 1.82) is 0 Å². The number of pyridine rings is 1. The van der Waals surface area contributed by atoms with Gasteiger partial charge >= 0.3 is 0 Å². The third kappa shape index (κ3) is 3.82. The zero-order valence-electron chi connectivity index (χ0n) is 9.35. The number of nitroso groups, excluding NO2 is 1. The minimum Gasteiger partial charge on any atom is -0.390 e. The quantitative estimate of drug-likeness (QED) is 0.388. The van der Waals surface area contributed by atoms with Crippen molar-refractivity contribution in [3.05, 3.63) is 44.4 Å². The summed E-state index contributed by atoms with van der Waals surface area (Å²) in [4.78, 5) is 14.5. The van der Waals surface area contributed by atoms with E-state index >= 15 is 0 Å². The zero-order chi connectivity index (χ0) is 12.7. The van der Waals surface area contributed by atoms with Gasteiger partial charge in [0.1, 0.15) is 3.70 Å². The number of nitrogens with one attached hydrogen (secondary N) is 1. The Morgan fingerprint density at radius 2 is 2.53 bits per heavy atom. The molecule has 0 radical (unpaired) electrons. The third-order valence-electron chi connectivity index (χ3n) is 2.33. The van der Waals surface area contributed by atoms with Crippen molar-refractivity contribution in [2.24, 2.45) is 5.18 Å². The van der Waals surface area contributed by atoms with Crippen molar-refractivity contribution in [2.75, 3.05) is 7.05 Å². The maximum absolute atomic E-state index is 10.3. The van der Waals surface area contributed by atoms with E-state index in [1.807, 2.05) is 12.1 Å². The minimum atomic E-state index is -0.0767. The Kier molecular flexibility index (Phi) is 5.63. The number of likely N-dealkylation sites (N-methyl/N-ethyl adjacent to an activating group) is 1. The van der Waals surface area contributed by atoms with Crippen LogP contribution in [0.5, 0.6) is 0 Å². The van der Waals surface area contributed by atoms with Gasteiger partial charge in [-0.25, -0.2) is 0 Å². The van der Waals surface area contributed by atoms with E-state index < -0.39 is 0 Å². The monoisotopic (exact) mass is 341 g/mol. The van der Waals surface area contributed by atoms with Crippen LogP contribution in [0.15, 0.2) is 35.4 Å². The highest BCUT2D eigenvalue weighted by atomic mass is 127. The molecule has 0 amide bonds. The van der Waals surface area contributed by atoms with Gasteiger partial charge in [0, 0.05) is 31.3 Å². The fourth-order valence-corrected chi connectivity index (χ4v) is 1.82. The van der Waals surface area contributed by atoms with E-state index in [1.54, 1.807) is 13.2 Å². The number of rotatable bonds is 5. The SMILES string of the molecule is C#CCC(/C(=C/N=O)NC)c1ccc(I)nc1. The molecule has 0 spiro atoms. The van der Waals surface area contributed by atoms with Crippen LogP contribution in [-0.4, -0.2) is 12.0 Å². The normalized spacial score (nSPS) is 12.6. The number of allylic oxidation sites excluding steroid dienone is 1. The summed E-state index contributed by atoms with van der Waals surface area (Å²) in [6.07, 6.45) is 8.85. The van der Waals surface area contributed by atoms with Crippen LogP contribution in [0.25, 0.3) is 0 Å². The zero-order valence-corrected chi connectivity index (χ0v) is 11.5. The Labute approximate surface area is 114 Å². The van der Waals surface area contributed by atoms with E-state index in [0.29, 0.717) is 12.1 Å². The number of hydrogen-bond acceptors (Lipinski definition) is 4. The maximum Gasteiger partial charge on any atom is 0.101 e. The van der Waals surface area contributed by atoms with Gasteiger partial charge in [-0.3, -0.25) is 4.98 Å². The predicted octanol–water partition coefficient (Wildman–Crippen LogP) is 2.62. The Balaban J connectivity index is 3.08. The lowest BCUT2D eigenvalue weighted by molar-refractivity contribution is 0.739. The fraction of sp³-hybridized carbons (Fsp3) is 0.250. The van der Waals surface area contributed by atoms with Crippen LogP contribution in [0.1, 0.15) is 17.9 Å². The molecule has 17 heavy (non-hydrogen) atoms. The molecule has 0 aliphatic carbocycles. The minimum absolute atomic E-state index is 0.0767. The highest BCUT2D eigenvalue weighted by Gasteiger charge is 2.15. The van der Waals surface area contributed by atoms with E-state index in [2.05, 4.69) is 44.0 Å². The number of aromatic nitrogens is 1. The molecule has 1 heterocycles. The molecule has 1 aromatic rings. The molecular weight excluding hydrogens is 329 g/mol. The molecule has 4 nitrogen and oxygen atoms in total. The average molecular weight is 341 g/mol. The molecule has 1 N–H and O–H groups in total. The molecule has 1 aromatic heterocycles. The van der Waals surface area contributed by atoms with E-state index in [1.165, 1.54) is 6.20 Å². The van der Waals surface area contributed by atoms with Gasteiger partial charge in [-0.05, 0) is 39.4 Å². The standard InChI is InChI=1S/C12H12IN3O/c1-3-4-10(11(14-2)8-16-17)9-5-6-12(13)15-7-9/h1,5-8,10,14H,4H2,2H3/b11-8-. The lowest BCUT2D eigenvalue weighted by atomic mass is 9.94. The van der Waals surface area contributed by atoms with E-state index in [4.69, 9.17) is 6.42 Å². The molecule has 0 saturated carbocycles. The molecule has 1 rings (SSSR count). The van der Waals surface area contributed by atoms with Crippen molar-refractivity contribution >= 4 is 22.6 Å². The molecule has 0 aliphatic heterocycles. The van der Waals surface area contributed by atoms with Crippen LogP contribution in [0.2, 0.25) is 0 Å². The summed E-state index contributed by atoms with van der Waals surface area (Å²) in [5.41, 5.74) is 1.66. The van der Waals surface area contributed by atoms with Crippen LogP contribution in [0.3, 0.4) is 0 Å². The molecule has 0 aliphatic rings. The molecule has 1 unspecified atom stereocenters. The van der Waals surface area contributed by atoms with Gasteiger partial charge in [0.05, 0.1) is 6.20 Å². The Bertz CT molecular complexity index is 448. The van der Waals surface area contributed by atoms with Gasteiger partial charge in [-0.1, -0.05) is 6.07 Å². The van der Waals surface area contributed by atoms with E-state index in [-0.39, 0.29) is 5.92 Å². The molecule has 0 bridgehead atoms. The second-order valence-corrected chi connectivity index (χ2v) is 4.42. The number of halogens is 1. The van der Waals surface area contributed by atoms with Gasteiger partial charge in [0.2, 0.25) is 0 Å². The lowest BCUT2D eigenvalue weighted by Crippen LogP contribution is -2.15. The van der Waals surface area contributed by atoms with Gasteiger partial charge in [0.15, 0.2) is 0 Å². The van der Waals surface area contributed by atoms with Crippen molar-refractivity contribution in [3.63, 3.8) is 0 Å². The molecule has 88 valence electrons. The molecule has 0 fully saturated rings.